The minimum atomic E-state index is -0.131. The first kappa shape index (κ1) is 23.5. The quantitative estimate of drug-likeness (QED) is 0.210. The molecule has 1 aliphatic heterocycles. The molecule has 1 saturated heterocycles. The molecule has 1 N–H and O–H groups in total. The van der Waals surface area contributed by atoms with Gasteiger partial charge in [0.15, 0.2) is 5.96 Å². The van der Waals surface area contributed by atoms with Crippen LogP contribution in [0.3, 0.4) is 0 Å². The van der Waals surface area contributed by atoms with Crippen LogP contribution in [0.5, 0.6) is 5.75 Å². The Morgan fingerprint density at radius 3 is 2.78 bits per heavy atom. The summed E-state index contributed by atoms with van der Waals surface area (Å²) >= 11 is 0. The number of nitrogens with one attached hydrogen (secondary N) is 1. The van der Waals surface area contributed by atoms with Gasteiger partial charge in [0.2, 0.25) is 0 Å². The summed E-state index contributed by atoms with van der Waals surface area (Å²) in [7, 11) is 3.14. The first-order valence-electron chi connectivity index (χ1n) is 9.33. The Morgan fingerprint density at radius 2 is 2.11 bits per heavy atom. The Bertz CT molecular complexity index is 624. The van der Waals surface area contributed by atoms with Crippen molar-refractivity contribution in [2.75, 3.05) is 40.4 Å². The van der Waals surface area contributed by atoms with E-state index in [1.165, 1.54) is 12.7 Å². The molecular weight excluding hydrogens is 457 g/mol. The zero-order valence-electron chi connectivity index (χ0n) is 16.7. The van der Waals surface area contributed by atoms with Gasteiger partial charge in [0.05, 0.1) is 20.1 Å². The number of benzene rings is 1. The molecule has 0 spiro atoms. The molecule has 0 bridgehead atoms. The number of aryl methyl sites for hydroxylation is 1. The molecule has 2 rings (SSSR count). The van der Waals surface area contributed by atoms with Crippen LogP contribution in [-0.2, 0) is 16.0 Å². The summed E-state index contributed by atoms with van der Waals surface area (Å²) in [6, 6.07) is 8.15. The fraction of sp³-hybridized carbons (Fsp3) is 0.600. The van der Waals surface area contributed by atoms with E-state index in [4.69, 9.17) is 14.5 Å². The number of halogens is 1. The molecule has 1 aromatic rings. The van der Waals surface area contributed by atoms with Crippen LogP contribution in [0.25, 0.3) is 0 Å². The third-order valence-electron chi connectivity index (χ3n) is 4.77. The Labute approximate surface area is 179 Å². The molecule has 0 saturated carbocycles. The van der Waals surface area contributed by atoms with E-state index in [1.807, 2.05) is 12.1 Å². The standard InChI is InChI=1S/C20H31N3O3.HI/c1-5-21-20(23-13-15(2)18(14-23)19(24)26-4)22-11-7-9-16-8-6-10-17(12-16)25-3;/h6,8,10,12,15,18H,5,7,9,11,13-14H2,1-4H3,(H,21,22);1H. The molecule has 2 unspecified atom stereocenters. The van der Waals surface area contributed by atoms with Crippen LogP contribution in [0.15, 0.2) is 29.3 Å². The van der Waals surface area contributed by atoms with E-state index in [0.717, 1.165) is 44.2 Å². The van der Waals surface area contributed by atoms with Gasteiger partial charge in [-0.15, -0.1) is 24.0 Å². The monoisotopic (exact) mass is 489 g/mol. The number of methoxy groups -OCH3 is 2. The fourth-order valence-electron chi connectivity index (χ4n) is 3.32. The van der Waals surface area contributed by atoms with Crippen LogP contribution in [0.4, 0.5) is 0 Å². The highest BCUT2D eigenvalue weighted by atomic mass is 127. The van der Waals surface area contributed by atoms with Crippen molar-refractivity contribution in [3.63, 3.8) is 0 Å². The molecule has 0 amide bonds. The van der Waals surface area contributed by atoms with Gasteiger partial charge in [-0.2, -0.15) is 0 Å². The first-order valence-corrected chi connectivity index (χ1v) is 9.33. The van der Waals surface area contributed by atoms with Crippen LogP contribution in [0.2, 0.25) is 0 Å². The van der Waals surface area contributed by atoms with Gasteiger partial charge >= 0.3 is 5.97 Å². The molecular formula is C20H32IN3O3. The number of ether oxygens (including phenoxy) is 2. The van der Waals surface area contributed by atoms with Crippen LogP contribution >= 0.6 is 24.0 Å². The summed E-state index contributed by atoms with van der Waals surface area (Å²) in [5.41, 5.74) is 1.25. The van der Waals surface area contributed by atoms with E-state index >= 15 is 0 Å². The lowest BCUT2D eigenvalue weighted by molar-refractivity contribution is -0.145. The van der Waals surface area contributed by atoms with E-state index in [-0.39, 0.29) is 41.8 Å². The average Bonchev–Trinajstić information content (AvgIpc) is 3.05. The molecule has 1 aliphatic rings. The molecule has 1 heterocycles. The highest BCUT2D eigenvalue weighted by Gasteiger charge is 2.36. The van der Waals surface area contributed by atoms with Crippen molar-refractivity contribution in [1.29, 1.82) is 0 Å². The lowest BCUT2D eigenvalue weighted by Gasteiger charge is -2.21. The van der Waals surface area contributed by atoms with Crippen LogP contribution in [0, 0.1) is 11.8 Å². The number of aliphatic imine (C=N–C) groups is 1. The first-order chi connectivity index (χ1) is 12.6. The summed E-state index contributed by atoms with van der Waals surface area (Å²) in [5.74, 6) is 1.83. The number of rotatable bonds is 7. The van der Waals surface area contributed by atoms with E-state index in [1.54, 1.807) is 7.11 Å². The Balaban J connectivity index is 0.00000364. The lowest BCUT2D eigenvalue weighted by atomic mass is 9.99. The molecule has 0 aromatic heterocycles. The maximum absolute atomic E-state index is 11.9. The van der Waals surface area contributed by atoms with Gasteiger partial charge in [0.25, 0.3) is 0 Å². The summed E-state index contributed by atoms with van der Waals surface area (Å²) in [4.78, 5) is 18.8. The second-order valence-corrected chi connectivity index (χ2v) is 6.70. The summed E-state index contributed by atoms with van der Waals surface area (Å²) in [5, 5.41) is 3.34. The highest BCUT2D eigenvalue weighted by molar-refractivity contribution is 14.0. The van der Waals surface area contributed by atoms with Crippen LogP contribution < -0.4 is 10.1 Å². The van der Waals surface area contributed by atoms with E-state index in [2.05, 4.69) is 36.2 Å². The molecule has 1 fully saturated rings. The summed E-state index contributed by atoms with van der Waals surface area (Å²) in [6.07, 6.45) is 1.92. The van der Waals surface area contributed by atoms with Gasteiger partial charge in [-0.05, 0) is 43.4 Å². The van der Waals surface area contributed by atoms with E-state index in [0.29, 0.717) is 6.54 Å². The smallest absolute Gasteiger partial charge is 0.310 e. The molecule has 7 heteroatoms. The van der Waals surface area contributed by atoms with Crippen molar-refractivity contribution >= 4 is 35.9 Å². The molecule has 0 radical (unpaired) electrons. The number of hydrogen-bond donors (Lipinski definition) is 1. The predicted octanol–water partition coefficient (Wildman–Crippen LogP) is 2.95. The number of nitrogens with zero attached hydrogens (tertiary/aromatic N) is 2. The van der Waals surface area contributed by atoms with Gasteiger partial charge in [-0.1, -0.05) is 19.1 Å². The van der Waals surface area contributed by atoms with E-state index in [9.17, 15) is 4.79 Å². The number of likely N-dealkylation sites (tertiary alicyclic amines) is 1. The predicted molar refractivity (Wildman–Crippen MR) is 119 cm³/mol. The van der Waals surface area contributed by atoms with Crippen molar-refractivity contribution in [2.24, 2.45) is 16.8 Å². The number of guanidine groups is 1. The lowest BCUT2D eigenvalue weighted by Crippen LogP contribution is -2.40. The molecule has 6 nitrogen and oxygen atoms in total. The number of hydrogen-bond acceptors (Lipinski definition) is 4. The topological polar surface area (TPSA) is 63.2 Å². The normalized spacial score (nSPS) is 19.4. The van der Waals surface area contributed by atoms with Gasteiger partial charge in [0.1, 0.15) is 5.75 Å². The van der Waals surface area contributed by atoms with Crippen molar-refractivity contribution in [3.05, 3.63) is 29.8 Å². The number of carbonyl (C=O) groups is 1. The largest absolute Gasteiger partial charge is 0.497 e. The molecule has 152 valence electrons. The SMILES string of the molecule is CCNC(=NCCCc1cccc(OC)c1)N1CC(C)C(C(=O)OC)C1.I. The van der Waals surface area contributed by atoms with Gasteiger partial charge < -0.3 is 19.7 Å². The second-order valence-electron chi connectivity index (χ2n) is 6.70. The van der Waals surface area contributed by atoms with Gasteiger partial charge in [-0.25, -0.2) is 0 Å². The van der Waals surface area contributed by atoms with Crippen LogP contribution in [-0.4, -0.2) is 57.2 Å². The van der Waals surface area contributed by atoms with Gasteiger partial charge in [0, 0.05) is 26.2 Å². The van der Waals surface area contributed by atoms with Crippen molar-refractivity contribution in [2.45, 2.75) is 26.7 Å². The Morgan fingerprint density at radius 1 is 1.33 bits per heavy atom. The third kappa shape index (κ3) is 6.86. The maximum Gasteiger partial charge on any atom is 0.310 e. The number of carbonyl (C=O) groups excluding carboxylic acids is 1. The van der Waals surface area contributed by atoms with Crippen molar-refractivity contribution in [1.82, 2.24) is 10.2 Å². The Hall–Kier alpha value is -1.51. The second kappa shape index (κ2) is 12.0. The third-order valence-corrected chi connectivity index (χ3v) is 4.77. The summed E-state index contributed by atoms with van der Waals surface area (Å²) < 4.78 is 10.2. The van der Waals surface area contributed by atoms with Crippen molar-refractivity contribution in [3.8, 4) is 5.75 Å². The molecule has 0 aliphatic carbocycles. The molecule has 1 aromatic carbocycles. The summed E-state index contributed by atoms with van der Waals surface area (Å²) in [6.45, 7) is 7.18. The van der Waals surface area contributed by atoms with Crippen molar-refractivity contribution < 1.29 is 14.3 Å². The zero-order valence-corrected chi connectivity index (χ0v) is 19.1. The maximum atomic E-state index is 11.9. The molecule has 27 heavy (non-hydrogen) atoms. The minimum Gasteiger partial charge on any atom is -0.497 e. The molecule has 2 atom stereocenters. The van der Waals surface area contributed by atoms with E-state index < -0.39 is 0 Å². The number of esters is 1. The average molecular weight is 489 g/mol. The van der Waals surface area contributed by atoms with Gasteiger partial charge in [-0.3, -0.25) is 9.79 Å². The highest BCUT2D eigenvalue weighted by Crippen LogP contribution is 2.24. The fourth-order valence-corrected chi connectivity index (χ4v) is 3.32. The minimum absolute atomic E-state index is 0. The Kier molecular flexibility index (Phi) is 10.5. The van der Waals surface area contributed by atoms with Crippen LogP contribution in [0.1, 0.15) is 25.8 Å². The zero-order chi connectivity index (χ0) is 18.9.